The number of hydrogen-bond donors (Lipinski definition) is 1. The van der Waals surface area contributed by atoms with Crippen molar-refractivity contribution in [1.82, 2.24) is 14.8 Å². The lowest BCUT2D eigenvalue weighted by molar-refractivity contribution is -0.00592. The van der Waals surface area contributed by atoms with E-state index in [-0.39, 0.29) is 22.6 Å². The summed E-state index contributed by atoms with van der Waals surface area (Å²) in [5.41, 5.74) is 1.90. The number of thiazole rings is 1. The molecular weight excluding hydrogens is 389 g/mol. The first kappa shape index (κ1) is 19.8. The van der Waals surface area contributed by atoms with Gasteiger partial charge in [-0.05, 0) is 31.2 Å². The summed E-state index contributed by atoms with van der Waals surface area (Å²) in [4.78, 5) is 16.9. The molecular formula is C19H17F3N4OS. The molecule has 0 saturated carbocycles. The average Bonchev–Trinajstić information content (AvgIpc) is 3.21. The van der Waals surface area contributed by atoms with Crippen LogP contribution in [-0.2, 0) is 13.0 Å². The fourth-order valence-electron chi connectivity index (χ4n) is 2.70. The fourth-order valence-corrected chi connectivity index (χ4v) is 3.27. The summed E-state index contributed by atoms with van der Waals surface area (Å²) in [6.07, 6.45) is 0.545. The third kappa shape index (κ3) is 3.84. The van der Waals surface area contributed by atoms with Gasteiger partial charge in [-0.25, -0.2) is 9.37 Å². The SMILES string of the molecule is C=CCC(F)(F)c1cc(-c2ccc(NC(=O)c3ncsc3C)cc2F)n(C)n1. The summed E-state index contributed by atoms with van der Waals surface area (Å²) in [5, 5.41) is 6.39. The van der Waals surface area contributed by atoms with Gasteiger partial charge in [0.1, 0.15) is 17.2 Å². The highest BCUT2D eigenvalue weighted by Crippen LogP contribution is 2.34. The Kier molecular flexibility index (Phi) is 5.37. The number of alkyl halides is 2. The van der Waals surface area contributed by atoms with E-state index < -0.39 is 29.8 Å². The van der Waals surface area contributed by atoms with Gasteiger partial charge < -0.3 is 5.32 Å². The first-order chi connectivity index (χ1) is 13.2. The van der Waals surface area contributed by atoms with Crippen molar-refractivity contribution in [3.05, 3.63) is 64.5 Å². The number of hydrogen-bond acceptors (Lipinski definition) is 4. The predicted molar refractivity (Wildman–Crippen MR) is 102 cm³/mol. The Morgan fingerprint density at radius 1 is 1.39 bits per heavy atom. The molecule has 0 spiro atoms. The van der Waals surface area contributed by atoms with E-state index in [0.717, 1.165) is 23.1 Å². The molecule has 0 atom stereocenters. The Balaban J connectivity index is 1.87. The number of halogens is 3. The van der Waals surface area contributed by atoms with Gasteiger partial charge in [-0.3, -0.25) is 9.48 Å². The number of nitrogens with one attached hydrogen (secondary N) is 1. The Labute approximate surface area is 163 Å². The van der Waals surface area contributed by atoms with Gasteiger partial charge in [0, 0.05) is 29.6 Å². The van der Waals surface area contributed by atoms with Crippen LogP contribution in [0.15, 0.2) is 42.4 Å². The number of carbonyl (C=O) groups excluding carboxylic acids is 1. The molecule has 0 radical (unpaired) electrons. The van der Waals surface area contributed by atoms with E-state index in [1.54, 1.807) is 12.4 Å². The van der Waals surface area contributed by atoms with Gasteiger partial charge in [0.25, 0.3) is 11.8 Å². The second-order valence-corrected chi connectivity index (χ2v) is 7.20. The number of amides is 1. The number of aromatic nitrogens is 3. The lowest BCUT2D eigenvalue weighted by atomic mass is 10.1. The van der Waals surface area contributed by atoms with Gasteiger partial charge in [-0.2, -0.15) is 13.9 Å². The number of carbonyl (C=O) groups is 1. The van der Waals surface area contributed by atoms with Crippen LogP contribution in [0.5, 0.6) is 0 Å². The number of aryl methyl sites for hydroxylation is 2. The Morgan fingerprint density at radius 2 is 2.14 bits per heavy atom. The van der Waals surface area contributed by atoms with Crippen LogP contribution in [0.3, 0.4) is 0 Å². The predicted octanol–water partition coefficient (Wildman–Crippen LogP) is 4.91. The van der Waals surface area contributed by atoms with Crippen LogP contribution in [0.4, 0.5) is 18.9 Å². The summed E-state index contributed by atoms with van der Waals surface area (Å²) in [7, 11) is 1.46. The van der Waals surface area contributed by atoms with Crippen LogP contribution in [0, 0.1) is 12.7 Å². The molecule has 9 heteroatoms. The molecule has 2 heterocycles. The quantitative estimate of drug-likeness (QED) is 0.592. The van der Waals surface area contributed by atoms with E-state index in [2.05, 4.69) is 22.0 Å². The third-order valence-corrected chi connectivity index (χ3v) is 4.88. The molecule has 1 amide bonds. The number of nitrogens with zero attached hydrogens (tertiary/aromatic N) is 3. The van der Waals surface area contributed by atoms with Gasteiger partial charge in [0.2, 0.25) is 0 Å². The number of benzene rings is 1. The van der Waals surface area contributed by atoms with Crippen LogP contribution >= 0.6 is 11.3 Å². The zero-order chi connectivity index (χ0) is 20.5. The molecule has 1 aromatic carbocycles. The maximum atomic E-state index is 14.6. The molecule has 0 saturated heterocycles. The second-order valence-electron chi connectivity index (χ2n) is 6.14. The van der Waals surface area contributed by atoms with Crippen molar-refractivity contribution >= 4 is 22.9 Å². The summed E-state index contributed by atoms with van der Waals surface area (Å²) in [6.45, 7) is 5.08. The van der Waals surface area contributed by atoms with E-state index in [1.807, 2.05) is 0 Å². The molecule has 0 unspecified atom stereocenters. The third-order valence-electron chi connectivity index (χ3n) is 4.12. The second kappa shape index (κ2) is 7.59. The van der Waals surface area contributed by atoms with E-state index in [4.69, 9.17) is 0 Å². The first-order valence-electron chi connectivity index (χ1n) is 8.27. The Bertz CT molecular complexity index is 1040. The minimum Gasteiger partial charge on any atom is -0.321 e. The molecule has 1 N–H and O–H groups in total. The van der Waals surface area contributed by atoms with Crippen LogP contribution < -0.4 is 5.32 Å². The minimum atomic E-state index is -3.19. The zero-order valence-electron chi connectivity index (χ0n) is 15.2. The van der Waals surface area contributed by atoms with Crippen molar-refractivity contribution in [2.24, 2.45) is 7.05 Å². The molecule has 0 aliphatic carbocycles. The number of rotatable bonds is 6. The van der Waals surface area contributed by atoms with E-state index in [0.29, 0.717) is 0 Å². The standard InChI is InChI=1S/C19H17F3N4OS/c1-4-7-19(21,22)16-9-15(26(3)25-16)13-6-5-12(8-14(13)20)24-18(27)17-11(2)28-10-23-17/h4-6,8-10H,1,7H2,2-3H3,(H,24,27). The van der Waals surface area contributed by atoms with E-state index >= 15 is 0 Å². The van der Waals surface area contributed by atoms with E-state index in [1.165, 1.54) is 35.2 Å². The smallest absolute Gasteiger partial charge is 0.294 e. The number of allylic oxidation sites excluding steroid dienone is 1. The van der Waals surface area contributed by atoms with Crippen molar-refractivity contribution in [2.45, 2.75) is 19.3 Å². The highest BCUT2D eigenvalue weighted by Gasteiger charge is 2.34. The fraction of sp³-hybridized carbons (Fsp3) is 0.211. The monoisotopic (exact) mass is 406 g/mol. The van der Waals surface area contributed by atoms with Crippen molar-refractivity contribution < 1.29 is 18.0 Å². The highest BCUT2D eigenvalue weighted by molar-refractivity contribution is 7.09. The van der Waals surface area contributed by atoms with Crippen molar-refractivity contribution in [3.63, 3.8) is 0 Å². The van der Waals surface area contributed by atoms with Gasteiger partial charge in [0.05, 0.1) is 11.2 Å². The highest BCUT2D eigenvalue weighted by atomic mass is 32.1. The summed E-state index contributed by atoms with van der Waals surface area (Å²) in [6, 6.07) is 5.18. The van der Waals surface area contributed by atoms with Gasteiger partial charge >= 0.3 is 0 Å². The van der Waals surface area contributed by atoms with Crippen molar-refractivity contribution in [3.8, 4) is 11.3 Å². The summed E-state index contributed by atoms with van der Waals surface area (Å²) in [5.74, 6) is -4.31. The zero-order valence-corrected chi connectivity index (χ0v) is 16.0. The first-order valence-corrected chi connectivity index (χ1v) is 9.15. The van der Waals surface area contributed by atoms with Crippen molar-refractivity contribution in [2.75, 3.05) is 5.32 Å². The molecule has 0 aliphatic rings. The normalized spacial score (nSPS) is 11.5. The van der Waals surface area contributed by atoms with Crippen LogP contribution in [0.25, 0.3) is 11.3 Å². The lowest BCUT2D eigenvalue weighted by Crippen LogP contribution is -2.13. The van der Waals surface area contributed by atoms with Gasteiger partial charge in [-0.1, -0.05) is 6.08 Å². The van der Waals surface area contributed by atoms with Crippen LogP contribution in [0.1, 0.15) is 27.5 Å². The Morgan fingerprint density at radius 3 is 2.75 bits per heavy atom. The maximum Gasteiger partial charge on any atom is 0.294 e. The topological polar surface area (TPSA) is 59.8 Å². The molecule has 2 aromatic heterocycles. The van der Waals surface area contributed by atoms with E-state index in [9.17, 15) is 18.0 Å². The van der Waals surface area contributed by atoms with Crippen LogP contribution in [0.2, 0.25) is 0 Å². The molecule has 28 heavy (non-hydrogen) atoms. The Hall–Kier alpha value is -2.94. The molecule has 5 nitrogen and oxygen atoms in total. The molecule has 146 valence electrons. The number of anilines is 1. The van der Waals surface area contributed by atoms with Crippen molar-refractivity contribution in [1.29, 1.82) is 0 Å². The molecule has 0 bridgehead atoms. The average molecular weight is 406 g/mol. The molecule has 3 aromatic rings. The largest absolute Gasteiger partial charge is 0.321 e. The molecule has 3 rings (SSSR count). The summed E-state index contributed by atoms with van der Waals surface area (Å²) < 4.78 is 43.9. The minimum absolute atomic E-state index is 0.0958. The molecule has 0 aliphatic heterocycles. The van der Waals surface area contributed by atoms with Gasteiger partial charge in [0.15, 0.2) is 0 Å². The summed E-state index contributed by atoms with van der Waals surface area (Å²) >= 11 is 1.33. The lowest BCUT2D eigenvalue weighted by Gasteiger charge is -2.09. The molecule has 0 fully saturated rings. The maximum absolute atomic E-state index is 14.6. The van der Waals surface area contributed by atoms with Crippen LogP contribution in [-0.4, -0.2) is 20.7 Å². The van der Waals surface area contributed by atoms with Gasteiger partial charge in [-0.15, -0.1) is 17.9 Å².